The van der Waals surface area contributed by atoms with Gasteiger partial charge < -0.3 is 0 Å². The van der Waals surface area contributed by atoms with Gasteiger partial charge in [-0.15, -0.1) is 0 Å². The predicted molar refractivity (Wildman–Crippen MR) is 87.1 cm³/mol. The van der Waals surface area contributed by atoms with Gasteiger partial charge in [-0.1, -0.05) is 88.9 Å². The van der Waals surface area contributed by atoms with Gasteiger partial charge in [-0.05, 0) is 30.0 Å². The molecule has 1 atom stereocenters. The lowest BCUT2D eigenvalue weighted by molar-refractivity contribution is 0.543. The molecule has 0 fully saturated rings. The largest absolute Gasteiger partial charge is 0.0843 e. The van der Waals surface area contributed by atoms with Crippen molar-refractivity contribution in [3.8, 4) is 0 Å². The van der Waals surface area contributed by atoms with Gasteiger partial charge in [-0.3, -0.25) is 0 Å². The first-order valence-electron chi connectivity index (χ1n) is 7.99. The normalized spacial score (nSPS) is 12.6. The molecule has 1 unspecified atom stereocenters. The Morgan fingerprint density at radius 3 is 1.95 bits per heavy atom. The number of halogens is 1. The number of hydrogen-bond donors (Lipinski definition) is 0. The molecule has 1 heteroatoms. The molecule has 0 aliphatic carbocycles. The number of rotatable bonds is 10. The van der Waals surface area contributed by atoms with Crippen LogP contribution in [-0.4, -0.2) is 0 Å². The van der Waals surface area contributed by atoms with E-state index in [1.54, 1.807) is 0 Å². The van der Waals surface area contributed by atoms with Crippen molar-refractivity contribution in [1.29, 1.82) is 0 Å². The van der Waals surface area contributed by atoms with Gasteiger partial charge in [0.2, 0.25) is 0 Å². The van der Waals surface area contributed by atoms with Crippen molar-refractivity contribution in [2.45, 2.75) is 77.6 Å². The Morgan fingerprint density at radius 2 is 1.37 bits per heavy atom. The molecule has 0 saturated carbocycles. The molecule has 0 amide bonds. The van der Waals surface area contributed by atoms with Crippen molar-refractivity contribution in [3.63, 3.8) is 0 Å². The highest BCUT2D eigenvalue weighted by molar-refractivity contribution is 6.30. The van der Waals surface area contributed by atoms with Crippen LogP contribution in [0.15, 0.2) is 24.3 Å². The second kappa shape index (κ2) is 10.3. The van der Waals surface area contributed by atoms with E-state index in [2.05, 4.69) is 26.0 Å². The lowest BCUT2D eigenvalue weighted by atomic mass is 9.95. The third-order valence-corrected chi connectivity index (χ3v) is 4.18. The highest BCUT2D eigenvalue weighted by atomic mass is 35.5. The van der Waals surface area contributed by atoms with Crippen LogP contribution in [0.1, 0.15) is 83.1 Å². The Hall–Kier alpha value is -0.490. The lowest BCUT2D eigenvalue weighted by Crippen LogP contribution is -1.93. The van der Waals surface area contributed by atoms with Crippen molar-refractivity contribution in [2.75, 3.05) is 0 Å². The quantitative estimate of drug-likeness (QED) is 0.406. The molecule has 1 aromatic carbocycles. The Balaban J connectivity index is 2.04. The van der Waals surface area contributed by atoms with Crippen LogP contribution in [-0.2, 0) is 0 Å². The van der Waals surface area contributed by atoms with E-state index in [4.69, 9.17) is 11.6 Å². The molecular weight excluding hydrogens is 252 g/mol. The molecule has 0 nitrogen and oxygen atoms in total. The van der Waals surface area contributed by atoms with Crippen molar-refractivity contribution < 1.29 is 0 Å². The number of unbranched alkanes of at least 4 members (excludes halogenated alkanes) is 7. The minimum atomic E-state index is 0.664. The first-order chi connectivity index (χ1) is 9.24. The molecule has 0 radical (unpaired) electrons. The van der Waals surface area contributed by atoms with Crippen LogP contribution in [0.4, 0.5) is 0 Å². The molecule has 0 saturated heterocycles. The highest BCUT2D eigenvalue weighted by Crippen LogP contribution is 2.23. The fourth-order valence-corrected chi connectivity index (χ4v) is 2.67. The fraction of sp³-hybridized carbons (Fsp3) is 0.667. The minimum absolute atomic E-state index is 0.664. The molecule has 1 aromatic rings. The third kappa shape index (κ3) is 7.62. The summed E-state index contributed by atoms with van der Waals surface area (Å²) in [7, 11) is 0. The van der Waals surface area contributed by atoms with Gasteiger partial charge >= 0.3 is 0 Å². The van der Waals surface area contributed by atoms with E-state index in [1.165, 1.54) is 63.4 Å². The van der Waals surface area contributed by atoms with Gasteiger partial charge in [0.1, 0.15) is 0 Å². The molecule has 0 heterocycles. The maximum absolute atomic E-state index is 5.91. The SMILES string of the molecule is CCCCCCCCCCC(C)c1ccc(Cl)cc1. The van der Waals surface area contributed by atoms with Gasteiger partial charge in [-0.25, -0.2) is 0 Å². The molecule has 0 bridgehead atoms. The third-order valence-electron chi connectivity index (χ3n) is 3.93. The maximum atomic E-state index is 5.91. The van der Waals surface area contributed by atoms with Gasteiger partial charge in [0.15, 0.2) is 0 Å². The topological polar surface area (TPSA) is 0 Å². The van der Waals surface area contributed by atoms with Crippen LogP contribution >= 0.6 is 11.6 Å². The number of benzene rings is 1. The van der Waals surface area contributed by atoms with Crippen molar-refractivity contribution in [3.05, 3.63) is 34.9 Å². The Labute approximate surface area is 124 Å². The summed E-state index contributed by atoms with van der Waals surface area (Å²) in [5, 5.41) is 0.836. The Kier molecular flexibility index (Phi) is 8.99. The van der Waals surface area contributed by atoms with Crippen LogP contribution in [0, 0.1) is 0 Å². The summed E-state index contributed by atoms with van der Waals surface area (Å²) in [6.45, 7) is 4.60. The summed E-state index contributed by atoms with van der Waals surface area (Å²) < 4.78 is 0. The zero-order valence-electron chi connectivity index (χ0n) is 12.6. The van der Waals surface area contributed by atoms with E-state index in [9.17, 15) is 0 Å². The van der Waals surface area contributed by atoms with Crippen molar-refractivity contribution >= 4 is 11.6 Å². The lowest BCUT2D eigenvalue weighted by Gasteiger charge is -2.11. The zero-order valence-corrected chi connectivity index (χ0v) is 13.4. The van der Waals surface area contributed by atoms with Gasteiger partial charge in [0, 0.05) is 5.02 Å². The van der Waals surface area contributed by atoms with E-state index in [0.717, 1.165) is 5.02 Å². The molecule has 19 heavy (non-hydrogen) atoms. The van der Waals surface area contributed by atoms with E-state index < -0.39 is 0 Å². The molecule has 0 N–H and O–H groups in total. The van der Waals surface area contributed by atoms with E-state index in [-0.39, 0.29) is 0 Å². The molecule has 1 rings (SSSR count). The molecule has 0 spiro atoms. The summed E-state index contributed by atoms with van der Waals surface area (Å²) >= 11 is 5.91. The standard InChI is InChI=1S/C18H29Cl/c1-3-4-5-6-7-8-9-10-11-16(2)17-12-14-18(19)15-13-17/h12-16H,3-11H2,1-2H3. The summed E-state index contributed by atoms with van der Waals surface area (Å²) in [6.07, 6.45) is 12.5. The van der Waals surface area contributed by atoms with Crippen molar-refractivity contribution in [2.24, 2.45) is 0 Å². The molecule has 0 aromatic heterocycles. The second-order valence-electron chi connectivity index (χ2n) is 5.72. The molecular formula is C18H29Cl. The van der Waals surface area contributed by atoms with E-state index >= 15 is 0 Å². The first kappa shape index (κ1) is 16.6. The van der Waals surface area contributed by atoms with Crippen LogP contribution < -0.4 is 0 Å². The van der Waals surface area contributed by atoms with Crippen LogP contribution in [0.5, 0.6) is 0 Å². The maximum Gasteiger partial charge on any atom is 0.0406 e. The molecule has 0 aliphatic heterocycles. The first-order valence-corrected chi connectivity index (χ1v) is 8.37. The molecule has 108 valence electrons. The summed E-state index contributed by atoms with van der Waals surface area (Å²) in [5.74, 6) is 0.664. The number of hydrogen-bond acceptors (Lipinski definition) is 0. The monoisotopic (exact) mass is 280 g/mol. The summed E-state index contributed by atoms with van der Waals surface area (Å²) in [6, 6.07) is 8.33. The second-order valence-corrected chi connectivity index (χ2v) is 6.15. The van der Waals surface area contributed by atoms with Crippen LogP contribution in [0.25, 0.3) is 0 Å². The van der Waals surface area contributed by atoms with Crippen molar-refractivity contribution in [1.82, 2.24) is 0 Å². The average molecular weight is 281 g/mol. The average Bonchev–Trinajstić information content (AvgIpc) is 2.42. The summed E-state index contributed by atoms with van der Waals surface area (Å²) in [4.78, 5) is 0. The smallest absolute Gasteiger partial charge is 0.0406 e. The zero-order chi connectivity index (χ0) is 13.9. The van der Waals surface area contributed by atoms with Gasteiger partial charge in [0.25, 0.3) is 0 Å². The Bertz CT molecular complexity index is 315. The molecule has 0 aliphatic rings. The van der Waals surface area contributed by atoms with Gasteiger partial charge in [0.05, 0.1) is 0 Å². The highest BCUT2D eigenvalue weighted by Gasteiger charge is 2.04. The minimum Gasteiger partial charge on any atom is -0.0843 e. The van der Waals surface area contributed by atoms with E-state index in [1.807, 2.05) is 12.1 Å². The predicted octanol–water partition coefficient (Wildman–Crippen LogP) is 6.97. The van der Waals surface area contributed by atoms with Gasteiger partial charge in [-0.2, -0.15) is 0 Å². The summed E-state index contributed by atoms with van der Waals surface area (Å²) in [5.41, 5.74) is 1.42. The fourth-order valence-electron chi connectivity index (χ4n) is 2.54. The van der Waals surface area contributed by atoms with E-state index in [0.29, 0.717) is 5.92 Å². The van der Waals surface area contributed by atoms with Crippen LogP contribution in [0.2, 0.25) is 5.02 Å². The van der Waals surface area contributed by atoms with Crippen LogP contribution in [0.3, 0.4) is 0 Å². The Morgan fingerprint density at radius 1 is 0.842 bits per heavy atom.